The van der Waals surface area contributed by atoms with Crippen LogP contribution in [0.4, 0.5) is 0 Å². The largest absolute Gasteiger partial charge is 0.145 e. The van der Waals surface area contributed by atoms with Crippen molar-refractivity contribution in [2.75, 3.05) is 11.5 Å². The molecule has 0 amide bonds. The molecule has 0 nitrogen and oxygen atoms in total. The van der Waals surface area contributed by atoms with Crippen LogP contribution in [0.1, 0.15) is 194 Å². The van der Waals surface area contributed by atoms with Crippen molar-refractivity contribution in [3.8, 4) is 0 Å². The van der Waals surface area contributed by atoms with E-state index in [0.29, 0.717) is 0 Å². The second-order valence-corrected chi connectivity index (χ2v) is 17.9. The quantitative estimate of drug-likeness (QED) is 0.0434. The molecule has 0 aromatic carbocycles. The Labute approximate surface area is 273 Å². The molecule has 1 heterocycles. The average Bonchev–Trinajstić information content (AvgIpc) is 3.31. The maximum absolute atomic E-state index is 5.55. The Hall–Kier alpha value is 0.970. The maximum atomic E-state index is 5.55. The van der Waals surface area contributed by atoms with Crippen LogP contribution >= 0.6 is 58.4 Å². The zero-order valence-corrected chi connectivity index (χ0v) is 30.8. The summed E-state index contributed by atoms with van der Waals surface area (Å²) in [6, 6.07) is 0. The highest BCUT2D eigenvalue weighted by Crippen LogP contribution is 2.41. The van der Waals surface area contributed by atoms with Gasteiger partial charge in [0.05, 0.1) is 8.42 Å². The van der Waals surface area contributed by atoms with E-state index in [2.05, 4.69) is 37.4 Å². The molecule has 1 aromatic rings. The maximum Gasteiger partial charge on any atom is 0.145 e. The Morgan fingerprint density at radius 3 is 0.850 bits per heavy atom. The lowest BCUT2D eigenvalue weighted by Crippen LogP contribution is -1.85. The zero-order valence-electron chi connectivity index (χ0n) is 26.8. The molecule has 1 rings (SSSR count). The van der Waals surface area contributed by atoms with Gasteiger partial charge in [-0.05, 0) is 24.3 Å². The van der Waals surface area contributed by atoms with Gasteiger partial charge in [-0.2, -0.15) is 0 Å². The second kappa shape index (κ2) is 31.4. The summed E-state index contributed by atoms with van der Waals surface area (Å²) < 4.78 is 4.15. The molecule has 0 saturated carbocycles. The lowest BCUT2D eigenvalue weighted by Gasteiger charge is -2.05. The number of rotatable bonds is 32. The lowest BCUT2D eigenvalue weighted by atomic mass is 10.0. The molecule has 0 fully saturated rings. The molecule has 0 unspecified atom stereocenters. The highest BCUT2D eigenvalue weighted by atomic mass is 32.2. The summed E-state index contributed by atoms with van der Waals surface area (Å²) in [5.41, 5.74) is 0. The van der Waals surface area contributed by atoms with Crippen molar-refractivity contribution < 1.29 is 0 Å². The number of thioether (sulfide) groups is 2. The molecule has 0 atom stereocenters. The standard InChI is InChI=1S/C35H66S5/c1-3-5-7-9-11-13-15-17-19-21-23-25-27-29-31-37-33-34(40-35(36)39-33)38-32-30-28-26-24-22-20-18-16-14-12-10-8-6-4-2/h3-32H2,1-2H3. The van der Waals surface area contributed by atoms with Crippen molar-refractivity contribution in [2.24, 2.45) is 0 Å². The minimum Gasteiger partial charge on any atom is -0.113 e. The monoisotopic (exact) mass is 646 g/mol. The molecule has 5 heteroatoms. The fraction of sp³-hybridized carbons (Fsp3) is 0.914. The Bertz CT molecular complexity index is 625. The van der Waals surface area contributed by atoms with Crippen LogP contribution in [0.25, 0.3) is 0 Å². The molecule has 0 radical (unpaired) electrons. The van der Waals surface area contributed by atoms with Gasteiger partial charge in [-0.1, -0.05) is 193 Å². The van der Waals surface area contributed by atoms with Gasteiger partial charge in [0.15, 0.2) is 0 Å². The van der Waals surface area contributed by atoms with Crippen molar-refractivity contribution in [1.82, 2.24) is 0 Å². The van der Waals surface area contributed by atoms with E-state index in [9.17, 15) is 0 Å². The average molecular weight is 647 g/mol. The minimum absolute atomic E-state index is 1.12. The Morgan fingerprint density at radius 2 is 0.600 bits per heavy atom. The lowest BCUT2D eigenvalue weighted by molar-refractivity contribution is 0.538. The van der Waals surface area contributed by atoms with Crippen LogP contribution in [0.2, 0.25) is 0 Å². The van der Waals surface area contributed by atoms with Crippen molar-refractivity contribution in [3.63, 3.8) is 0 Å². The van der Waals surface area contributed by atoms with Crippen LogP contribution in [-0.4, -0.2) is 11.5 Å². The van der Waals surface area contributed by atoms with Gasteiger partial charge in [0.2, 0.25) is 0 Å². The summed E-state index contributed by atoms with van der Waals surface area (Å²) in [5.74, 6) is 2.54. The molecule has 0 aliphatic rings. The van der Waals surface area contributed by atoms with Crippen molar-refractivity contribution in [1.29, 1.82) is 0 Å². The summed E-state index contributed by atoms with van der Waals surface area (Å²) >= 11 is 13.4. The Morgan fingerprint density at radius 1 is 0.375 bits per heavy atom. The summed E-state index contributed by atoms with van der Waals surface area (Å²) in [7, 11) is 0. The van der Waals surface area contributed by atoms with E-state index in [1.807, 2.05) is 22.7 Å². The first kappa shape index (κ1) is 39.0. The van der Waals surface area contributed by atoms with E-state index < -0.39 is 0 Å². The Balaban J connectivity index is 1.90. The third-order valence-electron chi connectivity index (χ3n) is 7.98. The molecular weight excluding hydrogens is 581 g/mol. The van der Waals surface area contributed by atoms with Crippen LogP contribution in [0, 0.1) is 3.14 Å². The first-order valence-corrected chi connectivity index (χ1v) is 21.7. The normalized spacial score (nSPS) is 11.6. The molecule has 0 saturated heterocycles. The van der Waals surface area contributed by atoms with E-state index in [1.165, 1.54) is 200 Å². The molecular formula is C35H66S5. The molecule has 0 aliphatic heterocycles. The summed E-state index contributed by atoms with van der Waals surface area (Å²) in [6.07, 6.45) is 40.3. The molecule has 0 N–H and O–H groups in total. The van der Waals surface area contributed by atoms with Crippen molar-refractivity contribution >= 4 is 58.4 Å². The van der Waals surface area contributed by atoms with E-state index in [1.54, 1.807) is 0 Å². The topological polar surface area (TPSA) is 0 Å². The van der Waals surface area contributed by atoms with Crippen LogP contribution in [0.5, 0.6) is 0 Å². The summed E-state index contributed by atoms with van der Waals surface area (Å²) in [5, 5.41) is 0. The fourth-order valence-corrected chi connectivity index (χ4v) is 11.6. The highest BCUT2D eigenvalue weighted by Gasteiger charge is 2.09. The van der Waals surface area contributed by atoms with Crippen molar-refractivity contribution in [3.05, 3.63) is 3.14 Å². The molecule has 0 spiro atoms. The molecule has 236 valence electrons. The van der Waals surface area contributed by atoms with E-state index in [4.69, 9.17) is 12.2 Å². The number of hydrogen-bond acceptors (Lipinski definition) is 5. The molecule has 40 heavy (non-hydrogen) atoms. The van der Waals surface area contributed by atoms with Gasteiger partial charge in [0, 0.05) is 0 Å². The van der Waals surface area contributed by atoms with Crippen LogP contribution in [0.3, 0.4) is 0 Å². The minimum atomic E-state index is 1.12. The van der Waals surface area contributed by atoms with Crippen molar-refractivity contribution in [2.45, 2.75) is 202 Å². The second-order valence-electron chi connectivity index (χ2n) is 11.9. The van der Waals surface area contributed by atoms with E-state index in [0.717, 1.165) is 3.14 Å². The van der Waals surface area contributed by atoms with Gasteiger partial charge in [0.25, 0.3) is 0 Å². The summed E-state index contributed by atoms with van der Waals surface area (Å²) in [6.45, 7) is 4.61. The molecule has 0 bridgehead atoms. The zero-order chi connectivity index (χ0) is 28.8. The molecule has 1 aromatic heterocycles. The predicted molar refractivity (Wildman–Crippen MR) is 195 cm³/mol. The van der Waals surface area contributed by atoms with Crippen LogP contribution in [-0.2, 0) is 0 Å². The smallest absolute Gasteiger partial charge is 0.113 e. The third kappa shape index (κ3) is 25.5. The number of unbranched alkanes of at least 4 members (excludes halogenated alkanes) is 26. The fourth-order valence-electron chi connectivity index (χ4n) is 5.36. The van der Waals surface area contributed by atoms with E-state index >= 15 is 0 Å². The molecule has 0 aliphatic carbocycles. The van der Waals surface area contributed by atoms with E-state index in [-0.39, 0.29) is 0 Å². The van der Waals surface area contributed by atoms with Gasteiger partial charge in [-0.15, -0.1) is 46.2 Å². The van der Waals surface area contributed by atoms with Gasteiger partial charge in [-0.3, -0.25) is 0 Å². The SMILES string of the molecule is CCCCCCCCCCCCCCCCSc1sc(=S)sc1SCCCCCCCCCCCCCCCC. The van der Waals surface area contributed by atoms with Gasteiger partial charge in [-0.25, -0.2) is 0 Å². The predicted octanol–water partition coefficient (Wildman–Crippen LogP) is 15.7. The summed E-state index contributed by atoms with van der Waals surface area (Å²) in [4.78, 5) is 0. The third-order valence-corrected chi connectivity index (χ3v) is 13.7. The van der Waals surface area contributed by atoms with Gasteiger partial charge in [0.1, 0.15) is 3.14 Å². The number of hydrogen-bond donors (Lipinski definition) is 0. The van der Waals surface area contributed by atoms with Gasteiger partial charge >= 0.3 is 0 Å². The highest BCUT2D eigenvalue weighted by molar-refractivity contribution is 8.05. The Kier molecular flexibility index (Phi) is 30.6. The first-order valence-electron chi connectivity index (χ1n) is 17.7. The van der Waals surface area contributed by atoms with Crippen LogP contribution < -0.4 is 0 Å². The first-order chi connectivity index (χ1) is 19.8. The van der Waals surface area contributed by atoms with Gasteiger partial charge < -0.3 is 0 Å². The van der Waals surface area contributed by atoms with Crippen LogP contribution in [0.15, 0.2) is 8.42 Å².